The second-order valence-electron chi connectivity index (χ2n) is 6.56. The van der Waals surface area contributed by atoms with E-state index in [0.29, 0.717) is 22.1 Å². The lowest BCUT2D eigenvalue weighted by molar-refractivity contribution is -0.113. The highest BCUT2D eigenvalue weighted by molar-refractivity contribution is 8.01. The third-order valence-corrected chi connectivity index (χ3v) is 6.89. The number of thiazole rings is 1. The van der Waals surface area contributed by atoms with Crippen molar-refractivity contribution in [2.75, 3.05) is 18.2 Å². The number of hydrogen-bond donors (Lipinski definition) is 1. The van der Waals surface area contributed by atoms with Gasteiger partial charge in [-0.3, -0.25) is 9.79 Å². The summed E-state index contributed by atoms with van der Waals surface area (Å²) in [7, 11) is 1.56. The summed E-state index contributed by atoms with van der Waals surface area (Å²) in [5, 5.41) is 3.15. The van der Waals surface area contributed by atoms with E-state index < -0.39 is 5.82 Å². The monoisotopic (exact) mass is 485 g/mol. The Morgan fingerprint density at radius 2 is 2.09 bits per heavy atom. The van der Waals surface area contributed by atoms with Crippen LogP contribution in [0.5, 0.6) is 5.75 Å². The Morgan fingerprint density at radius 3 is 2.91 bits per heavy atom. The van der Waals surface area contributed by atoms with E-state index in [1.54, 1.807) is 37.4 Å². The van der Waals surface area contributed by atoms with Crippen LogP contribution in [-0.4, -0.2) is 30.0 Å². The molecule has 5 nitrogen and oxygen atoms in total. The molecule has 0 aliphatic rings. The lowest BCUT2D eigenvalue weighted by Crippen LogP contribution is -2.14. The van der Waals surface area contributed by atoms with Crippen LogP contribution in [0.3, 0.4) is 0 Å². The number of benzene rings is 3. The van der Waals surface area contributed by atoms with Crippen LogP contribution in [0.4, 0.5) is 15.8 Å². The van der Waals surface area contributed by atoms with Gasteiger partial charge in [0.15, 0.2) is 4.34 Å². The zero-order valence-corrected chi connectivity index (χ0v) is 19.2. The third kappa shape index (κ3) is 5.27. The lowest BCUT2D eigenvalue weighted by atomic mass is 10.2. The molecule has 4 aromatic rings. The predicted molar refractivity (Wildman–Crippen MR) is 131 cm³/mol. The molecule has 162 valence electrons. The average molecular weight is 486 g/mol. The van der Waals surface area contributed by atoms with Crippen molar-refractivity contribution in [3.63, 3.8) is 0 Å². The standard InChI is InChI=1S/C23H17ClFN3O2S2/c1-30-20-8-3-2-7-18(20)27-22(29)13-31-23-28-19-10-9-14(11-21(19)32-23)26-12-15-16(24)5-4-6-17(15)25/h2-12H,13H2,1H3,(H,27,29). The maximum Gasteiger partial charge on any atom is 0.234 e. The summed E-state index contributed by atoms with van der Waals surface area (Å²) in [5.74, 6) is 0.251. The van der Waals surface area contributed by atoms with Gasteiger partial charge in [0.1, 0.15) is 11.6 Å². The van der Waals surface area contributed by atoms with Gasteiger partial charge in [-0.05, 0) is 42.5 Å². The van der Waals surface area contributed by atoms with Crippen LogP contribution in [0.2, 0.25) is 5.02 Å². The Hall–Kier alpha value is -2.94. The summed E-state index contributed by atoms with van der Waals surface area (Å²) in [6.07, 6.45) is 1.41. The van der Waals surface area contributed by atoms with Gasteiger partial charge in [-0.15, -0.1) is 11.3 Å². The van der Waals surface area contributed by atoms with Crippen LogP contribution in [0.15, 0.2) is 70.0 Å². The van der Waals surface area contributed by atoms with Crippen molar-refractivity contribution in [3.05, 3.63) is 77.1 Å². The Morgan fingerprint density at radius 1 is 1.25 bits per heavy atom. The van der Waals surface area contributed by atoms with Gasteiger partial charge in [-0.2, -0.15) is 0 Å². The van der Waals surface area contributed by atoms with Gasteiger partial charge in [0.25, 0.3) is 0 Å². The van der Waals surface area contributed by atoms with E-state index in [0.717, 1.165) is 14.6 Å². The van der Waals surface area contributed by atoms with E-state index in [1.165, 1.54) is 35.4 Å². The molecule has 1 amide bonds. The number of nitrogens with zero attached hydrogens (tertiary/aromatic N) is 2. The van der Waals surface area contributed by atoms with E-state index in [4.69, 9.17) is 16.3 Å². The molecule has 0 saturated heterocycles. The molecule has 0 aliphatic heterocycles. The fraction of sp³-hybridized carbons (Fsp3) is 0.0870. The molecule has 1 aromatic heterocycles. The average Bonchev–Trinajstić information content (AvgIpc) is 3.20. The molecule has 1 N–H and O–H groups in total. The van der Waals surface area contributed by atoms with Crippen molar-refractivity contribution in [2.45, 2.75) is 4.34 Å². The maximum absolute atomic E-state index is 13.9. The minimum Gasteiger partial charge on any atom is -0.495 e. The molecule has 0 fully saturated rings. The van der Waals surface area contributed by atoms with E-state index in [9.17, 15) is 9.18 Å². The fourth-order valence-corrected chi connectivity index (χ4v) is 4.98. The molecule has 1 heterocycles. The molecule has 0 aliphatic carbocycles. The molecule has 0 unspecified atom stereocenters. The number of halogens is 2. The van der Waals surface area contributed by atoms with Crippen molar-refractivity contribution in [1.29, 1.82) is 0 Å². The molecule has 0 radical (unpaired) electrons. The summed E-state index contributed by atoms with van der Waals surface area (Å²) in [5.41, 5.74) is 2.34. The van der Waals surface area contributed by atoms with Gasteiger partial charge in [0, 0.05) is 11.8 Å². The van der Waals surface area contributed by atoms with E-state index in [2.05, 4.69) is 15.3 Å². The van der Waals surface area contributed by atoms with Crippen LogP contribution < -0.4 is 10.1 Å². The second-order valence-corrected chi connectivity index (χ2v) is 9.22. The van der Waals surface area contributed by atoms with E-state index in [-0.39, 0.29) is 17.2 Å². The molecular formula is C23H17ClFN3O2S2. The topological polar surface area (TPSA) is 63.6 Å². The number of nitrogens with one attached hydrogen (secondary N) is 1. The number of aromatic nitrogens is 1. The fourth-order valence-electron chi connectivity index (χ4n) is 2.87. The highest BCUT2D eigenvalue weighted by Crippen LogP contribution is 2.32. The first-order valence-corrected chi connectivity index (χ1v) is 11.7. The summed E-state index contributed by atoms with van der Waals surface area (Å²) in [4.78, 5) is 21.2. The summed E-state index contributed by atoms with van der Waals surface area (Å²) in [6.45, 7) is 0. The Labute approximate surface area is 197 Å². The number of anilines is 1. The van der Waals surface area contributed by atoms with Gasteiger partial charge in [0.2, 0.25) is 5.91 Å². The number of ether oxygens (including phenoxy) is 1. The number of fused-ring (bicyclic) bond motifs is 1. The first-order valence-electron chi connectivity index (χ1n) is 9.48. The molecule has 32 heavy (non-hydrogen) atoms. The smallest absolute Gasteiger partial charge is 0.234 e. The van der Waals surface area contributed by atoms with Crippen LogP contribution >= 0.6 is 34.7 Å². The minimum absolute atomic E-state index is 0.147. The molecular weight excluding hydrogens is 469 g/mol. The SMILES string of the molecule is COc1ccccc1NC(=O)CSc1nc2ccc(N=Cc3c(F)cccc3Cl)cc2s1. The quantitative estimate of drug-likeness (QED) is 0.237. The minimum atomic E-state index is -0.426. The number of amides is 1. The molecule has 9 heteroatoms. The normalized spacial score (nSPS) is 11.2. The van der Waals surface area contributed by atoms with Gasteiger partial charge in [0.05, 0.1) is 39.5 Å². The first-order chi connectivity index (χ1) is 15.5. The number of methoxy groups -OCH3 is 1. The second kappa shape index (κ2) is 10.1. The number of carbonyl (C=O) groups excluding carboxylic acids is 1. The largest absolute Gasteiger partial charge is 0.495 e. The van der Waals surface area contributed by atoms with E-state index in [1.807, 2.05) is 24.3 Å². The van der Waals surface area contributed by atoms with Crippen LogP contribution in [0.25, 0.3) is 10.2 Å². The highest BCUT2D eigenvalue weighted by Gasteiger charge is 2.11. The third-order valence-electron chi connectivity index (χ3n) is 4.40. The first kappa shape index (κ1) is 22.3. The highest BCUT2D eigenvalue weighted by atomic mass is 35.5. The molecule has 0 atom stereocenters. The van der Waals surface area contributed by atoms with E-state index >= 15 is 0 Å². The molecule has 0 bridgehead atoms. The van der Waals surface area contributed by atoms with Crippen LogP contribution in [-0.2, 0) is 4.79 Å². The van der Waals surface area contributed by atoms with Gasteiger partial charge >= 0.3 is 0 Å². The molecule has 0 spiro atoms. The molecule has 3 aromatic carbocycles. The zero-order valence-electron chi connectivity index (χ0n) is 16.8. The van der Waals surface area contributed by atoms with Crippen molar-refractivity contribution in [2.24, 2.45) is 4.99 Å². The summed E-state index contributed by atoms with van der Waals surface area (Å²) in [6, 6.07) is 17.3. The molecule has 0 saturated carbocycles. The van der Waals surface area contributed by atoms with Gasteiger partial charge in [-0.1, -0.05) is 41.6 Å². The summed E-state index contributed by atoms with van der Waals surface area (Å²) >= 11 is 8.87. The van der Waals surface area contributed by atoms with Gasteiger partial charge in [-0.25, -0.2) is 9.37 Å². The van der Waals surface area contributed by atoms with Gasteiger partial charge < -0.3 is 10.1 Å². The van der Waals surface area contributed by atoms with Crippen LogP contribution in [0, 0.1) is 5.82 Å². The predicted octanol–water partition coefficient (Wildman–Crippen LogP) is 6.58. The van der Waals surface area contributed by atoms with Crippen molar-refractivity contribution >= 4 is 68.4 Å². The van der Waals surface area contributed by atoms with Crippen molar-refractivity contribution in [3.8, 4) is 5.75 Å². The maximum atomic E-state index is 13.9. The van der Waals surface area contributed by atoms with Crippen molar-refractivity contribution < 1.29 is 13.9 Å². The number of rotatable bonds is 7. The number of para-hydroxylation sites is 2. The zero-order chi connectivity index (χ0) is 22.5. The summed E-state index contributed by atoms with van der Waals surface area (Å²) < 4.78 is 20.9. The van der Waals surface area contributed by atoms with Crippen molar-refractivity contribution in [1.82, 2.24) is 4.98 Å². The number of aliphatic imine (C=N–C) groups is 1. The molecule has 4 rings (SSSR count). The number of thioether (sulfide) groups is 1. The Bertz CT molecular complexity index is 1290. The van der Waals surface area contributed by atoms with Crippen LogP contribution in [0.1, 0.15) is 5.56 Å². The Kier molecular flexibility index (Phi) is 7.04. The number of hydrogen-bond acceptors (Lipinski definition) is 6. The Balaban J connectivity index is 1.43. The number of carbonyl (C=O) groups is 1. The lowest BCUT2D eigenvalue weighted by Gasteiger charge is -2.09.